The van der Waals surface area contributed by atoms with Crippen molar-refractivity contribution >= 4 is 35.8 Å². The zero-order chi connectivity index (χ0) is 65.8. The van der Waals surface area contributed by atoms with Crippen LogP contribution in [0.15, 0.2) is 232 Å². The fraction of sp³-hybridized carbons (Fsp3) is 0.128. The molecule has 0 saturated heterocycles. The van der Waals surface area contributed by atoms with Crippen LogP contribution in [-0.2, 0) is 225 Å². The van der Waals surface area contributed by atoms with Crippen molar-refractivity contribution in [1.82, 2.24) is 0 Å². The maximum atomic E-state index is 11.3. The minimum Gasteiger partial charge on any atom is -0.454 e. The molecule has 0 amide bonds. The van der Waals surface area contributed by atoms with Crippen LogP contribution in [0.5, 0.6) is 34.5 Å². The van der Waals surface area contributed by atoms with Crippen LogP contribution in [0.2, 0.25) is 0 Å². The van der Waals surface area contributed by atoms with Gasteiger partial charge in [-0.1, -0.05) is 187 Å². The van der Waals surface area contributed by atoms with Gasteiger partial charge in [0.25, 0.3) is 0 Å². The normalized spacial score (nSPS) is 8.98. The zero-order valence-electron chi connectivity index (χ0n) is 55.9. The molecule has 0 spiro atoms. The summed E-state index contributed by atoms with van der Waals surface area (Å²) >= 11 is 0. The summed E-state index contributed by atoms with van der Waals surface area (Å²) in [7, 11) is 0. The van der Waals surface area contributed by atoms with Gasteiger partial charge in [0, 0.05) is 196 Å². The molecule has 0 heterocycles. The summed E-state index contributed by atoms with van der Waals surface area (Å²) in [6.45, 7) is 25.1. The predicted octanol–water partition coefficient (Wildman–Crippen LogP) is 18.4. The molecule has 12 nitrogen and oxygen atoms in total. The molecule has 0 fully saturated rings. The standard InChI is InChI=1S/2C24H20O4.C24H16O4.3C2H6.6Y/c3*1-3-23(25)27-21-13-9-19(10-14-21)17-5-7-18(8-6-17)20-11-15-22(16-12-20)28-24(26)4-2;3*1-2;;;;;;/h2*3-16H,1-2H3;5-16H,1-2H2;3*1-2H3;;;;;;/q3*-2;;;;;;;;;. The van der Waals surface area contributed by atoms with Crippen LogP contribution < -0.4 is 28.4 Å². The van der Waals surface area contributed by atoms with E-state index in [4.69, 9.17) is 28.4 Å². The Hall–Kier alpha value is -4.62. The third kappa shape index (κ3) is 33.0. The first-order chi connectivity index (χ1) is 43.8. The second-order valence-electron chi connectivity index (χ2n) is 17.8. The molecular formula is C78H74O12Y6-6. The number of hydrogen-bond donors (Lipinski definition) is 0. The average molecular weight is 1740 g/mol. The van der Waals surface area contributed by atoms with Gasteiger partial charge in [0.05, 0.1) is 0 Å². The molecule has 482 valence electrons. The van der Waals surface area contributed by atoms with Crippen molar-refractivity contribution in [2.24, 2.45) is 0 Å². The average Bonchev–Trinajstić information content (AvgIpc) is 1.20. The minimum absolute atomic E-state index is 0. The molecule has 18 heteroatoms. The minimum atomic E-state index is -0.611. The monoisotopic (exact) mass is 1740 g/mol. The second-order valence-corrected chi connectivity index (χ2v) is 17.8. The molecule has 6 radical (unpaired) electrons. The molecule has 0 bridgehead atoms. The summed E-state index contributed by atoms with van der Waals surface area (Å²) < 4.78 is 30.6. The van der Waals surface area contributed by atoms with Crippen molar-refractivity contribution in [2.45, 2.75) is 69.2 Å². The van der Waals surface area contributed by atoms with E-state index >= 15 is 0 Å². The van der Waals surface area contributed by atoms with Crippen molar-refractivity contribution in [2.75, 3.05) is 0 Å². The number of hydrogen-bond acceptors (Lipinski definition) is 12. The van der Waals surface area contributed by atoms with Gasteiger partial charge in [-0.25, -0.2) is 0 Å². The van der Waals surface area contributed by atoms with Crippen LogP contribution in [-0.4, -0.2) is 35.8 Å². The summed E-state index contributed by atoms with van der Waals surface area (Å²) in [4.78, 5) is 67.5. The molecule has 96 heavy (non-hydrogen) atoms. The van der Waals surface area contributed by atoms with E-state index in [2.05, 4.69) is 25.3 Å². The summed E-state index contributed by atoms with van der Waals surface area (Å²) in [6.07, 6.45) is 9.83. The van der Waals surface area contributed by atoms with E-state index in [1.807, 2.05) is 187 Å². The Kier molecular flexibility index (Phi) is 54.0. The summed E-state index contributed by atoms with van der Waals surface area (Å²) in [5.41, 5.74) is 12.4. The number of esters is 6. The number of carbonyl (C=O) groups excluding carboxylic acids is 6. The van der Waals surface area contributed by atoms with Gasteiger partial charge in [-0.2, -0.15) is 27.7 Å². The molecule has 9 aromatic carbocycles. The molecule has 0 aliphatic carbocycles. The Morgan fingerprint density at radius 2 is 0.333 bits per heavy atom. The van der Waals surface area contributed by atoms with Gasteiger partial charge in [-0.3, -0.25) is 67.6 Å². The van der Waals surface area contributed by atoms with E-state index in [1.165, 1.54) is 25.7 Å². The largest absolute Gasteiger partial charge is 0.454 e. The summed E-state index contributed by atoms with van der Waals surface area (Å²) in [5.74, 6) is 0.256. The van der Waals surface area contributed by atoms with Gasteiger partial charge >= 0.3 is 0 Å². The Bertz CT molecular complexity index is 3290. The van der Waals surface area contributed by atoms with Gasteiger partial charge < -0.3 is 40.6 Å². The molecule has 0 saturated carbocycles. The number of benzene rings is 9. The van der Waals surface area contributed by atoms with Gasteiger partial charge in [0.15, 0.2) is 35.8 Å². The van der Waals surface area contributed by atoms with Crippen molar-refractivity contribution < 1.29 is 253 Å². The topological polar surface area (TPSA) is 158 Å². The third-order valence-corrected chi connectivity index (χ3v) is 12.3. The van der Waals surface area contributed by atoms with Crippen LogP contribution in [0.1, 0.15) is 69.2 Å². The molecule has 0 unspecified atom stereocenters. The zero-order valence-corrected chi connectivity index (χ0v) is 72.9. The SMILES string of the molecule is C=[C-]C(=O)Oc1ccc(-c2ccc(-c3ccc(OC(=O)[C-]=C)cc3)cc2)cc1.CC.CC.CC.C[CH-]C(=O)Oc1ccc(-c2ccc(-c3ccc(OC(=O)[CH-]C)cc3)cc2)cc1.C[CH-]C(=O)Oc1ccc(-c2ccc(-c3ccc(OC(=O)[CH-]C)cc3)cc2)cc1.[Y].[Y].[Y].[Y].[Y].[Y]. The Balaban J connectivity index is -0.00000126. The Labute approximate surface area is 718 Å². The Morgan fingerprint density at radius 3 is 0.438 bits per heavy atom. The fourth-order valence-corrected chi connectivity index (χ4v) is 7.84. The van der Waals surface area contributed by atoms with Crippen LogP contribution in [0.25, 0.3) is 66.8 Å². The molecule has 9 aromatic rings. The van der Waals surface area contributed by atoms with Crippen molar-refractivity contribution in [1.29, 1.82) is 0 Å². The van der Waals surface area contributed by atoms with Crippen LogP contribution in [0.4, 0.5) is 0 Å². The quantitative estimate of drug-likeness (QED) is 0.0347. The van der Waals surface area contributed by atoms with Crippen LogP contribution in [0, 0.1) is 37.8 Å². The second kappa shape index (κ2) is 54.2. The number of ether oxygens (including phenoxy) is 6. The van der Waals surface area contributed by atoms with E-state index in [-0.39, 0.29) is 220 Å². The molecule has 0 N–H and O–H groups in total. The smallest absolute Gasteiger partial charge is 0.175 e. The van der Waals surface area contributed by atoms with E-state index < -0.39 is 11.9 Å². The van der Waals surface area contributed by atoms with E-state index in [1.54, 1.807) is 100 Å². The van der Waals surface area contributed by atoms with Crippen molar-refractivity contribution in [3.8, 4) is 101 Å². The van der Waals surface area contributed by atoms with Crippen LogP contribution in [0.3, 0.4) is 0 Å². The predicted molar refractivity (Wildman–Crippen MR) is 357 cm³/mol. The molecular weight excluding hydrogens is 1660 g/mol. The van der Waals surface area contributed by atoms with Crippen LogP contribution >= 0.6 is 0 Å². The molecule has 0 aliphatic heterocycles. The molecule has 0 aromatic heterocycles. The first-order valence-electron chi connectivity index (χ1n) is 29.2. The first-order valence-corrected chi connectivity index (χ1v) is 29.2. The van der Waals surface area contributed by atoms with Gasteiger partial charge in [0.2, 0.25) is 0 Å². The maximum Gasteiger partial charge on any atom is 0.175 e. The summed E-state index contributed by atoms with van der Waals surface area (Å²) in [5, 5.41) is 0. The third-order valence-electron chi connectivity index (χ3n) is 12.3. The molecule has 9 rings (SSSR count). The number of carbonyl (C=O) groups is 6. The van der Waals surface area contributed by atoms with Gasteiger partial charge in [-0.05, 0) is 140 Å². The van der Waals surface area contributed by atoms with Gasteiger partial charge in [-0.15, -0.1) is 0 Å². The van der Waals surface area contributed by atoms with E-state index in [9.17, 15) is 28.8 Å². The van der Waals surface area contributed by atoms with Crippen molar-refractivity contribution in [3.05, 3.63) is 269 Å². The van der Waals surface area contributed by atoms with Gasteiger partial charge in [0.1, 0.15) is 34.5 Å². The fourth-order valence-electron chi connectivity index (χ4n) is 7.84. The summed E-state index contributed by atoms with van der Waals surface area (Å²) in [6, 6.07) is 68.3. The number of rotatable bonds is 18. The van der Waals surface area contributed by atoms with E-state index in [0.717, 1.165) is 66.8 Å². The molecule has 0 aliphatic rings. The van der Waals surface area contributed by atoms with Crippen molar-refractivity contribution in [3.63, 3.8) is 0 Å². The first kappa shape index (κ1) is 95.6. The van der Waals surface area contributed by atoms with E-state index in [0.29, 0.717) is 34.5 Å². The Morgan fingerprint density at radius 1 is 0.229 bits per heavy atom. The molecule has 0 atom stereocenters. The maximum absolute atomic E-state index is 11.3.